The summed E-state index contributed by atoms with van der Waals surface area (Å²) in [7, 11) is 1.52. The minimum atomic E-state index is -0.756. The number of halogens is 1. The van der Waals surface area contributed by atoms with Crippen LogP contribution in [-0.2, 0) is 4.74 Å². The van der Waals surface area contributed by atoms with E-state index in [-0.39, 0.29) is 11.3 Å². The average molecular weight is 242 g/mol. The van der Waals surface area contributed by atoms with E-state index in [0.29, 0.717) is 0 Å². The molecule has 4 nitrogen and oxygen atoms in total. The molecule has 0 atom stereocenters. The van der Waals surface area contributed by atoms with Gasteiger partial charge in [-0.2, -0.15) is 4.99 Å². The molecule has 0 heterocycles. The summed E-state index contributed by atoms with van der Waals surface area (Å²) in [6.07, 6.45) is 0.565. The normalized spacial score (nSPS) is 14.9. The van der Waals surface area contributed by atoms with E-state index in [1.165, 1.54) is 27.1 Å². The maximum Gasteiger partial charge on any atom is 0.434 e. The first-order chi connectivity index (χ1) is 7.67. The van der Waals surface area contributed by atoms with Crippen molar-refractivity contribution in [3.05, 3.63) is 11.4 Å². The van der Waals surface area contributed by atoms with Gasteiger partial charge >= 0.3 is 6.09 Å². The maximum atomic E-state index is 13.0. The molecule has 0 rings (SSSR count). The van der Waals surface area contributed by atoms with E-state index >= 15 is 0 Å². The van der Waals surface area contributed by atoms with Gasteiger partial charge in [-0.3, -0.25) is 4.99 Å². The molecule has 0 N–H and O–H groups in total. The van der Waals surface area contributed by atoms with Crippen LogP contribution in [-0.4, -0.2) is 30.7 Å². The fourth-order valence-corrected chi connectivity index (χ4v) is 0.891. The number of ether oxygens (including phenoxy) is 1. The second kappa shape index (κ2) is 6.27. The molecule has 0 saturated carbocycles. The van der Waals surface area contributed by atoms with Crippen LogP contribution in [0.2, 0.25) is 0 Å². The van der Waals surface area contributed by atoms with Gasteiger partial charge in [-0.05, 0) is 34.6 Å². The van der Waals surface area contributed by atoms with Crippen LogP contribution in [0.1, 0.15) is 34.6 Å². The van der Waals surface area contributed by atoms with Gasteiger partial charge in [-0.25, -0.2) is 9.18 Å². The number of amides is 1. The van der Waals surface area contributed by atoms with Gasteiger partial charge in [0.1, 0.15) is 11.4 Å². The molecule has 0 radical (unpaired) electrons. The SMILES string of the molecule is CN=CC(=NC(=O)OC(C)(C)C)/C(C)=C(\C)F. The highest BCUT2D eigenvalue weighted by atomic mass is 19.1. The topological polar surface area (TPSA) is 51.0 Å². The van der Waals surface area contributed by atoms with Crippen LogP contribution in [0.25, 0.3) is 0 Å². The number of rotatable bonds is 2. The van der Waals surface area contributed by atoms with Gasteiger partial charge < -0.3 is 4.74 Å². The Hall–Kier alpha value is -1.52. The third-order valence-electron chi connectivity index (χ3n) is 1.76. The summed E-state index contributed by atoms with van der Waals surface area (Å²) in [4.78, 5) is 18.9. The Kier molecular flexibility index (Phi) is 5.71. The number of hydrogen-bond donors (Lipinski definition) is 0. The van der Waals surface area contributed by atoms with Crippen LogP contribution >= 0.6 is 0 Å². The summed E-state index contributed by atoms with van der Waals surface area (Å²) in [5.74, 6) is -0.410. The fraction of sp³-hybridized carbons (Fsp3) is 0.583. The Balaban J connectivity index is 5.10. The van der Waals surface area contributed by atoms with Crippen molar-refractivity contribution < 1.29 is 13.9 Å². The van der Waals surface area contributed by atoms with E-state index in [9.17, 15) is 9.18 Å². The summed E-state index contributed by atoms with van der Waals surface area (Å²) >= 11 is 0. The lowest BCUT2D eigenvalue weighted by Gasteiger charge is -2.17. The van der Waals surface area contributed by atoms with E-state index in [0.717, 1.165) is 0 Å². The van der Waals surface area contributed by atoms with Gasteiger partial charge in [0.05, 0.1) is 5.71 Å². The van der Waals surface area contributed by atoms with Crippen molar-refractivity contribution in [2.75, 3.05) is 7.05 Å². The summed E-state index contributed by atoms with van der Waals surface area (Å²) in [6.45, 7) is 8.02. The highest BCUT2D eigenvalue weighted by molar-refractivity contribution is 6.39. The van der Waals surface area contributed by atoms with Gasteiger partial charge in [0.15, 0.2) is 0 Å². The molecule has 0 aliphatic rings. The Labute approximate surface area is 101 Å². The first-order valence-corrected chi connectivity index (χ1v) is 5.24. The van der Waals surface area contributed by atoms with Gasteiger partial charge in [0.2, 0.25) is 0 Å². The number of aliphatic imine (C=N–C) groups is 2. The number of hydrogen-bond acceptors (Lipinski definition) is 3. The summed E-state index contributed by atoms with van der Waals surface area (Å²) < 4.78 is 18.1. The second-order valence-electron chi connectivity index (χ2n) is 4.52. The third-order valence-corrected chi connectivity index (χ3v) is 1.76. The molecule has 0 aliphatic heterocycles. The molecule has 1 amide bonds. The second-order valence-corrected chi connectivity index (χ2v) is 4.52. The minimum absolute atomic E-state index is 0.168. The van der Waals surface area contributed by atoms with Crippen molar-refractivity contribution in [2.45, 2.75) is 40.2 Å². The average Bonchev–Trinajstić information content (AvgIpc) is 2.12. The van der Waals surface area contributed by atoms with Crippen molar-refractivity contribution in [1.82, 2.24) is 0 Å². The molecule has 0 spiro atoms. The molecule has 0 aromatic rings. The summed E-state index contributed by atoms with van der Waals surface area (Å²) in [6, 6.07) is 0. The lowest BCUT2D eigenvalue weighted by atomic mass is 10.2. The highest BCUT2D eigenvalue weighted by Gasteiger charge is 2.16. The smallest absolute Gasteiger partial charge is 0.434 e. The molecule has 0 aromatic carbocycles. The summed E-state index contributed by atoms with van der Waals surface area (Å²) in [5, 5.41) is 0. The Morgan fingerprint density at radius 1 is 1.29 bits per heavy atom. The van der Waals surface area contributed by atoms with E-state index < -0.39 is 17.5 Å². The largest absolute Gasteiger partial charge is 0.442 e. The number of allylic oxidation sites excluding steroid dienone is 2. The maximum absolute atomic E-state index is 13.0. The molecule has 0 bridgehead atoms. The lowest BCUT2D eigenvalue weighted by molar-refractivity contribution is 0.0605. The Morgan fingerprint density at radius 3 is 2.18 bits per heavy atom. The Bertz CT molecular complexity index is 372. The van der Waals surface area contributed by atoms with Crippen LogP contribution < -0.4 is 0 Å². The van der Waals surface area contributed by atoms with E-state index in [2.05, 4.69) is 9.98 Å². The standard InChI is InChI=1S/C12H19FN2O2/c1-8(9(2)13)10(7-14-6)15-11(16)17-12(3,4)5/h7H,1-6H3/b9-8+,14-7?,15-10?. The minimum Gasteiger partial charge on any atom is -0.442 e. The number of carbonyl (C=O) groups is 1. The van der Waals surface area contributed by atoms with Crippen molar-refractivity contribution in [3.8, 4) is 0 Å². The molecular formula is C12H19FN2O2. The van der Waals surface area contributed by atoms with Gasteiger partial charge in [-0.1, -0.05) is 0 Å². The number of carbonyl (C=O) groups excluding carboxylic acids is 1. The van der Waals surface area contributed by atoms with Crippen LogP contribution in [0.15, 0.2) is 21.4 Å². The van der Waals surface area contributed by atoms with Crippen molar-refractivity contribution in [3.63, 3.8) is 0 Å². The quantitative estimate of drug-likeness (QED) is 0.697. The molecule has 96 valence electrons. The van der Waals surface area contributed by atoms with Crippen molar-refractivity contribution in [1.29, 1.82) is 0 Å². The van der Waals surface area contributed by atoms with E-state index in [1.807, 2.05) is 0 Å². The zero-order valence-corrected chi connectivity index (χ0v) is 11.2. The van der Waals surface area contributed by atoms with Crippen LogP contribution in [0.4, 0.5) is 9.18 Å². The van der Waals surface area contributed by atoms with Crippen molar-refractivity contribution >= 4 is 18.0 Å². The summed E-state index contributed by atoms with van der Waals surface area (Å²) in [5.41, 5.74) is -0.194. The van der Waals surface area contributed by atoms with Gasteiger partial charge in [0.25, 0.3) is 0 Å². The molecule has 0 saturated heterocycles. The molecule has 0 aliphatic carbocycles. The first-order valence-electron chi connectivity index (χ1n) is 5.24. The van der Waals surface area contributed by atoms with Gasteiger partial charge in [-0.15, -0.1) is 0 Å². The predicted molar refractivity (Wildman–Crippen MR) is 67.6 cm³/mol. The fourth-order valence-electron chi connectivity index (χ4n) is 0.891. The molecule has 5 heteroatoms. The monoisotopic (exact) mass is 242 g/mol. The lowest BCUT2D eigenvalue weighted by Crippen LogP contribution is -2.23. The Morgan fingerprint density at radius 2 is 1.82 bits per heavy atom. The van der Waals surface area contributed by atoms with Crippen LogP contribution in [0.3, 0.4) is 0 Å². The van der Waals surface area contributed by atoms with Gasteiger partial charge in [0, 0.05) is 18.8 Å². The predicted octanol–water partition coefficient (Wildman–Crippen LogP) is 3.33. The van der Waals surface area contributed by atoms with E-state index in [4.69, 9.17) is 4.74 Å². The third kappa shape index (κ3) is 6.60. The number of nitrogens with zero attached hydrogens (tertiary/aromatic N) is 2. The zero-order chi connectivity index (χ0) is 13.6. The molecule has 0 fully saturated rings. The first kappa shape index (κ1) is 15.5. The van der Waals surface area contributed by atoms with Crippen molar-refractivity contribution in [2.24, 2.45) is 9.98 Å². The highest BCUT2D eigenvalue weighted by Crippen LogP contribution is 2.10. The van der Waals surface area contributed by atoms with Crippen LogP contribution in [0.5, 0.6) is 0 Å². The van der Waals surface area contributed by atoms with Crippen LogP contribution in [0, 0.1) is 0 Å². The molecule has 0 unspecified atom stereocenters. The molecule has 17 heavy (non-hydrogen) atoms. The molecular weight excluding hydrogens is 223 g/mol. The molecule has 0 aromatic heterocycles. The zero-order valence-electron chi connectivity index (χ0n) is 11.2. The van der Waals surface area contributed by atoms with E-state index in [1.54, 1.807) is 20.8 Å².